The van der Waals surface area contributed by atoms with Crippen LogP contribution in [-0.2, 0) is 11.8 Å². The van der Waals surface area contributed by atoms with Crippen LogP contribution < -0.4 is 21.3 Å². The molecule has 2 aliphatic rings. The summed E-state index contributed by atoms with van der Waals surface area (Å²) in [6.07, 6.45) is 5.30. The summed E-state index contributed by atoms with van der Waals surface area (Å²) in [5.41, 5.74) is 7.55. The molecular weight excluding hydrogens is 338 g/mol. The Morgan fingerprint density at radius 2 is 2.04 bits per heavy atom. The van der Waals surface area contributed by atoms with E-state index in [9.17, 15) is 9.59 Å². The smallest absolute Gasteiger partial charge is 0.322 e. The highest BCUT2D eigenvalue weighted by molar-refractivity contribution is 6.08. The van der Waals surface area contributed by atoms with E-state index in [0.29, 0.717) is 30.4 Å². The van der Waals surface area contributed by atoms with Crippen LogP contribution in [0, 0.1) is 0 Å². The summed E-state index contributed by atoms with van der Waals surface area (Å²) in [7, 11) is 1.84. The van der Waals surface area contributed by atoms with Crippen molar-refractivity contribution in [3.63, 3.8) is 0 Å². The van der Waals surface area contributed by atoms with Crippen LogP contribution in [0.15, 0.2) is 24.7 Å². The number of hydrogen-bond acceptors (Lipinski definition) is 7. The molecule has 0 aliphatic carbocycles. The lowest BCUT2D eigenvalue weighted by Gasteiger charge is -2.45. The Morgan fingerprint density at radius 1 is 1.23 bits per heavy atom. The lowest BCUT2D eigenvalue weighted by atomic mass is 9.90. The van der Waals surface area contributed by atoms with E-state index in [4.69, 9.17) is 5.73 Å². The first kappa shape index (κ1) is 14.7. The van der Waals surface area contributed by atoms with E-state index in [1.165, 1.54) is 0 Å². The zero-order valence-corrected chi connectivity index (χ0v) is 13.8. The van der Waals surface area contributed by atoms with Gasteiger partial charge in [0.1, 0.15) is 11.6 Å². The largest absolute Gasteiger partial charge is 0.383 e. The number of amides is 3. The fraction of sp³-hybridized carbons (Fsp3) is 0.267. The van der Waals surface area contributed by atoms with Crippen LogP contribution in [0.3, 0.4) is 0 Å². The molecule has 5 rings (SSSR count). The van der Waals surface area contributed by atoms with Gasteiger partial charge in [0.05, 0.1) is 25.5 Å². The number of anilines is 2. The summed E-state index contributed by atoms with van der Waals surface area (Å²) in [5, 5.41) is 13.4. The molecule has 0 saturated carbocycles. The number of fused-ring (bicyclic) bond motifs is 1. The summed E-state index contributed by atoms with van der Waals surface area (Å²) in [6.45, 7) is 0.674. The highest BCUT2D eigenvalue weighted by Gasteiger charge is 2.55. The number of rotatable bonds is 2. The molecule has 2 saturated heterocycles. The van der Waals surface area contributed by atoms with Gasteiger partial charge in [0, 0.05) is 30.4 Å². The quantitative estimate of drug-likeness (QED) is 0.509. The van der Waals surface area contributed by atoms with E-state index in [1.807, 2.05) is 18.1 Å². The number of nitrogens with zero attached hydrogens (tertiary/aromatic N) is 6. The van der Waals surface area contributed by atoms with Crippen molar-refractivity contribution in [3.8, 4) is 11.1 Å². The standard InChI is InChI=1S/C15H15N9O2/c1-22-5-8(3-17-22)9-4-18-24-10(16)2-11(19-12(9)24)23-6-15(7-23)13(25)20-14(26)21-15/h2-5H,6-7,16H2,1H3,(H2,20,21,25,26). The fourth-order valence-electron chi connectivity index (χ4n) is 3.42. The first-order chi connectivity index (χ1) is 12.4. The Morgan fingerprint density at radius 3 is 2.69 bits per heavy atom. The average Bonchev–Trinajstić information content (AvgIpc) is 3.22. The van der Waals surface area contributed by atoms with E-state index in [-0.39, 0.29) is 5.91 Å². The minimum Gasteiger partial charge on any atom is -0.383 e. The van der Waals surface area contributed by atoms with Gasteiger partial charge in [-0.2, -0.15) is 14.7 Å². The predicted molar refractivity (Wildman–Crippen MR) is 91.2 cm³/mol. The molecule has 0 aromatic carbocycles. The summed E-state index contributed by atoms with van der Waals surface area (Å²) >= 11 is 0. The predicted octanol–water partition coefficient (Wildman–Crippen LogP) is -0.890. The second-order valence-electron chi connectivity index (χ2n) is 6.58. The third-order valence-corrected chi connectivity index (χ3v) is 4.76. The molecule has 3 amide bonds. The van der Waals surface area contributed by atoms with Gasteiger partial charge in [0.15, 0.2) is 11.2 Å². The highest BCUT2D eigenvalue weighted by Crippen LogP contribution is 2.32. The van der Waals surface area contributed by atoms with Crippen molar-refractivity contribution in [1.82, 2.24) is 35.0 Å². The molecule has 0 radical (unpaired) electrons. The third-order valence-electron chi connectivity index (χ3n) is 4.76. The molecule has 132 valence electrons. The SMILES string of the molecule is Cn1cc(-c2cnn3c(N)cc(N4CC5(C4)NC(=O)NC5=O)nc23)cn1. The van der Waals surface area contributed by atoms with Crippen LogP contribution in [0.2, 0.25) is 0 Å². The van der Waals surface area contributed by atoms with Gasteiger partial charge in [-0.1, -0.05) is 0 Å². The van der Waals surface area contributed by atoms with Crippen molar-refractivity contribution in [1.29, 1.82) is 0 Å². The van der Waals surface area contributed by atoms with E-state index in [0.717, 1.165) is 11.1 Å². The second kappa shape index (κ2) is 4.71. The lowest BCUT2D eigenvalue weighted by molar-refractivity contribution is -0.124. The average molecular weight is 353 g/mol. The molecule has 2 aliphatic heterocycles. The third kappa shape index (κ3) is 1.90. The van der Waals surface area contributed by atoms with Crippen LogP contribution in [0.4, 0.5) is 16.4 Å². The Labute approximate surface area is 146 Å². The molecule has 26 heavy (non-hydrogen) atoms. The molecule has 5 heterocycles. The zero-order chi connectivity index (χ0) is 18.1. The normalized spacial score (nSPS) is 18.3. The van der Waals surface area contributed by atoms with E-state index >= 15 is 0 Å². The van der Waals surface area contributed by atoms with Crippen LogP contribution in [0.1, 0.15) is 0 Å². The number of aryl methyl sites for hydroxylation is 1. The number of nitrogens with two attached hydrogens (primary N) is 1. The molecule has 0 bridgehead atoms. The van der Waals surface area contributed by atoms with Gasteiger partial charge in [0.25, 0.3) is 5.91 Å². The van der Waals surface area contributed by atoms with E-state index in [1.54, 1.807) is 27.7 Å². The zero-order valence-electron chi connectivity index (χ0n) is 13.8. The molecule has 1 spiro atoms. The van der Waals surface area contributed by atoms with Gasteiger partial charge in [-0.25, -0.2) is 9.78 Å². The number of imide groups is 1. The van der Waals surface area contributed by atoms with Gasteiger partial charge < -0.3 is 16.0 Å². The monoisotopic (exact) mass is 353 g/mol. The van der Waals surface area contributed by atoms with Crippen molar-refractivity contribution >= 4 is 29.2 Å². The number of hydrogen-bond donors (Lipinski definition) is 3. The van der Waals surface area contributed by atoms with E-state index in [2.05, 4.69) is 25.8 Å². The van der Waals surface area contributed by atoms with E-state index < -0.39 is 11.6 Å². The second-order valence-corrected chi connectivity index (χ2v) is 6.58. The van der Waals surface area contributed by atoms with Gasteiger partial charge in [0.2, 0.25) is 0 Å². The summed E-state index contributed by atoms with van der Waals surface area (Å²) in [5.74, 6) is 0.745. The Kier molecular flexibility index (Phi) is 2.66. The minimum atomic E-state index is -0.883. The fourth-order valence-corrected chi connectivity index (χ4v) is 3.42. The number of nitrogens with one attached hydrogen (secondary N) is 2. The molecule has 0 unspecified atom stereocenters. The van der Waals surface area contributed by atoms with Crippen molar-refractivity contribution in [2.75, 3.05) is 23.7 Å². The number of urea groups is 1. The molecule has 3 aromatic heterocycles. The molecule has 4 N–H and O–H groups in total. The van der Waals surface area contributed by atoms with Crippen LogP contribution in [0.5, 0.6) is 0 Å². The Bertz CT molecular complexity index is 1080. The molecule has 2 fully saturated rings. The number of carbonyl (C=O) groups is 2. The Hall–Kier alpha value is -3.63. The molecular formula is C15H15N9O2. The minimum absolute atomic E-state index is 0.312. The maximum Gasteiger partial charge on any atom is 0.322 e. The first-order valence-electron chi connectivity index (χ1n) is 7.97. The maximum absolute atomic E-state index is 12.0. The number of aromatic nitrogens is 5. The summed E-state index contributed by atoms with van der Waals surface area (Å²) in [6, 6.07) is 1.24. The first-order valence-corrected chi connectivity index (χ1v) is 7.97. The van der Waals surface area contributed by atoms with Crippen molar-refractivity contribution in [3.05, 3.63) is 24.7 Å². The maximum atomic E-state index is 12.0. The number of nitrogen functional groups attached to an aromatic ring is 1. The molecule has 0 atom stereocenters. The molecule has 11 nitrogen and oxygen atoms in total. The van der Waals surface area contributed by atoms with Gasteiger partial charge in [-0.15, -0.1) is 0 Å². The van der Waals surface area contributed by atoms with Crippen molar-refractivity contribution < 1.29 is 9.59 Å². The van der Waals surface area contributed by atoms with Gasteiger partial charge >= 0.3 is 6.03 Å². The van der Waals surface area contributed by atoms with Crippen LogP contribution in [-0.4, -0.2) is 54.9 Å². The van der Waals surface area contributed by atoms with Crippen molar-refractivity contribution in [2.24, 2.45) is 7.05 Å². The van der Waals surface area contributed by atoms with Crippen molar-refractivity contribution in [2.45, 2.75) is 5.54 Å². The van der Waals surface area contributed by atoms with Gasteiger partial charge in [-0.3, -0.25) is 14.8 Å². The molecule has 11 heteroatoms. The summed E-state index contributed by atoms with van der Waals surface area (Å²) < 4.78 is 3.26. The van der Waals surface area contributed by atoms with Crippen LogP contribution >= 0.6 is 0 Å². The van der Waals surface area contributed by atoms with Crippen LogP contribution in [0.25, 0.3) is 16.8 Å². The lowest BCUT2D eigenvalue weighted by Crippen LogP contribution is -2.71. The molecule has 3 aromatic rings. The Balaban J connectivity index is 1.52. The summed E-state index contributed by atoms with van der Waals surface area (Å²) in [4.78, 5) is 29.9. The topological polar surface area (TPSA) is 135 Å². The highest BCUT2D eigenvalue weighted by atomic mass is 16.2. The van der Waals surface area contributed by atoms with Gasteiger partial charge in [-0.05, 0) is 0 Å². The number of carbonyl (C=O) groups excluding carboxylic acids is 2.